The van der Waals surface area contributed by atoms with Crippen molar-refractivity contribution in [2.24, 2.45) is 0 Å². The summed E-state index contributed by atoms with van der Waals surface area (Å²) in [7, 11) is 0. The van der Waals surface area contributed by atoms with Crippen molar-refractivity contribution in [3.05, 3.63) is 59.4 Å². The molecule has 1 aromatic carbocycles. The van der Waals surface area contributed by atoms with Crippen LogP contribution in [0.1, 0.15) is 29.8 Å². The van der Waals surface area contributed by atoms with Gasteiger partial charge in [-0.05, 0) is 44.2 Å². The third-order valence-corrected chi connectivity index (χ3v) is 4.28. The van der Waals surface area contributed by atoms with Crippen molar-refractivity contribution in [2.75, 3.05) is 12.3 Å². The highest BCUT2D eigenvalue weighted by Gasteiger charge is 2.11. The van der Waals surface area contributed by atoms with Gasteiger partial charge in [0.05, 0.1) is 0 Å². The van der Waals surface area contributed by atoms with Crippen LogP contribution in [-0.4, -0.2) is 17.3 Å². The van der Waals surface area contributed by atoms with Gasteiger partial charge >= 0.3 is 0 Å². The number of nitrogens with zero attached hydrogens (tertiary/aromatic N) is 1. The van der Waals surface area contributed by atoms with Gasteiger partial charge < -0.3 is 5.32 Å². The Hall–Kier alpha value is -1.32. The molecule has 0 spiro atoms. The second-order valence-corrected chi connectivity index (χ2v) is 6.06. The van der Waals surface area contributed by atoms with E-state index in [4.69, 9.17) is 0 Å². The summed E-state index contributed by atoms with van der Waals surface area (Å²) in [5.41, 5.74) is 3.64. The number of aromatic nitrogens is 1. The topological polar surface area (TPSA) is 24.9 Å². The third-order valence-electron chi connectivity index (χ3n) is 3.19. The van der Waals surface area contributed by atoms with Gasteiger partial charge in [-0.1, -0.05) is 30.7 Å². The molecule has 0 saturated carbocycles. The first-order chi connectivity index (χ1) is 9.69. The molecule has 1 heterocycles. The zero-order chi connectivity index (χ0) is 14.4. The Bertz CT molecular complexity index is 537. The minimum absolute atomic E-state index is 0.346. The zero-order valence-electron chi connectivity index (χ0n) is 12.4. The first-order valence-corrected chi connectivity index (χ1v) is 8.03. The lowest BCUT2D eigenvalue weighted by Gasteiger charge is -2.18. The van der Waals surface area contributed by atoms with E-state index in [-0.39, 0.29) is 0 Å². The molecule has 2 rings (SSSR count). The van der Waals surface area contributed by atoms with Crippen molar-refractivity contribution in [3.8, 4) is 0 Å². The maximum atomic E-state index is 4.40. The van der Waals surface area contributed by atoms with Crippen molar-refractivity contribution in [1.29, 1.82) is 0 Å². The van der Waals surface area contributed by atoms with Gasteiger partial charge in [-0.3, -0.25) is 4.98 Å². The van der Waals surface area contributed by atoms with Crippen LogP contribution in [0.5, 0.6) is 0 Å². The van der Waals surface area contributed by atoms with Crippen LogP contribution in [-0.2, 0) is 0 Å². The molecular formula is C17H22N2S. The number of nitrogens with one attached hydrogen (secondary N) is 1. The summed E-state index contributed by atoms with van der Waals surface area (Å²) in [5, 5.41) is 3.54. The van der Waals surface area contributed by atoms with Crippen LogP contribution in [0.25, 0.3) is 0 Å². The number of rotatable bonds is 6. The van der Waals surface area contributed by atoms with Crippen LogP contribution in [0.3, 0.4) is 0 Å². The minimum Gasteiger partial charge on any atom is -0.309 e. The van der Waals surface area contributed by atoms with Gasteiger partial charge in [0, 0.05) is 28.6 Å². The molecule has 1 N–H and O–H groups in total. The largest absolute Gasteiger partial charge is 0.309 e. The Morgan fingerprint density at radius 2 is 2.05 bits per heavy atom. The summed E-state index contributed by atoms with van der Waals surface area (Å²) in [5.74, 6) is 1.02. The van der Waals surface area contributed by atoms with Gasteiger partial charge in [-0.2, -0.15) is 0 Å². The Kier molecular flexibility index (Phi) is 5.62. The molecule has 2 nitrogen and oxygen atoms in total. The van der Waals surface area contributed by atoms with Gasteiger partial charge in [-0.15, -0.1) is 11.8 Å². The van der Waals surface area contributed by atoms with Crippen molar-refractivity contribution >= 4 is 11.8 Å². The third kappa shape index (κ3) is 4.36. The average Bonchev–Trinajstić information content (AvgIpc) is 2.44. The van der Waals surface area contributed by atoms with Gasteiger partial charge in [0.25, 0.3) is 0 Å². The fourth-order valence-electron chi connectivity index (χ4n) is 2.09. The van der Waals surface area contributed by atoms with E-state index in [2.05, 4.69) is 60.5 Å². The van der Waals surface area contributed by atoms with Crippen molar-refractivity contribution in [2.45, 2.75) is 31.7 Å². The predicted octanol–water partition coefficient (Wildman–Crippen LogP) is 4.14. The molecule has 0 fully saturated rings. The van der Waals surface area contributed by atoms with E-state index >= 15 is 0 Å². The van der Waals surface area contributed by atoms with E-state index in [0.29, 0.717) is 6.04 Å². The number of hydrogen-bond acceptors (Lipinski definition) is 3. The summed E-state index contributed by atoms with van der Waals surface area (Å²) in [6.45, 7) is 7.27. The van der Waals surface area contributed by atoms with Crippen LogP contribution < -0.4 is 5.32 Å². The van der Waals surface area contributed by atoms with Gasteiger partial charge in [0.15, 0.2) is 0 Å². The van der Waals surface area contributed by atoms with Crippen LogP contribution >= 0.6 is 11.8 Å². The van der Waals surface area contributed by atoms with Gasteiger partial charge in [-0.25, -0.2) is 0 Å². The highest BCUT2D eigenvalue weighted by atomic mass is 32.2. The average molecular weight is 286 g/mol. The minimum atomic E-state index is 0.346. The van der Waals surface area contributed by atoms with E-state index in [0.717, 1.165) is 18.0 Å². The van der Waals surface area contributed by atoms with Crippen molar-refractivity contribution < 1.29 is 0 Å². The number of aryl methyl sites for hydroxylation is 2. The molecule has 0 aliphatic rings. The van der Waals surface area contributed by atoms with E-state index in [1.54, 1.807) is 0 Å². The summed E-state index contributed by atoms with van der Waals surface area (Å²) in [6.07, 6.45) is 1.99. The number of thioether (sulfide) groups is 1. The lowest BCUT2D eigenvalue weighted by Crippen LogP contribution is -2.23. The first kappa shape index (κ1) is 15.1. The molecule has 20 heavy (non-hydrogen) atoms. The van der Waals surface area contributed by atoms with E-state index < -0.39 is 0 Å². The van der Waals surface area contributed by atoms with Gasteiger partial charge in [0.1, 0.15) is 0 Å². The standard InChI is InChI=1S/C17H22N2S/c1-4-18-17(15-9-8-14(3)19-11-15)12-20-16-7-5-6-13(2)10-16/h5-11,17-18H,4,12H2,1-3H3. The fourth-order valence-corrected chi connectivity index (χ4v) is 3.20. The molecule has 0 aliphatic carbocycles. The summed E-state index contributed by atoms with van der Waals surface area (Å²) in [4.78, 5) is 5.73. The molecule has 106 valence electrons. The summed E-state index contributed by atoms with van der Waals surface area (Å²) < 4.78 is 0. The normalized spacial score (nSPS) is 12.3. The zero-order valence-corrected chi connectivity index (χ0v) is 13.2. The highest BCUT2D eigenvalue weighted by molar-refractivity contribution is 7.99. The maximum Gasteiger partial charge on any atom is 0.0430 e. The lowest BCUT2D eigenvalue weighted by atomic mass is 10.1. The first-order valence-electron chi connectivity index (χ1n) is 7.04. The molecule has 0 amide bonds. The Morgan fingerprint density at radius 3 is 2.70 bits per heavy atom. The molecule has 1 unspecified atom stereocenters. The second-order valence-electron chi connectivity index (χ2n) is 4.97. The van der Waals surface area contributed by atoms with Crippen LogP contribution in [0.2, 0.25) is 0 Å². The Balaban J connectivity index is 2.04. The molecule has 1 aromatic heterocycles. The molecule has 2 aromatic rings. The van der Waals surface area contributed by atoms with E-state index in [1.165, 1.54) is 16.0 Å². The lowest BCUT2D eigenvalue weighted by molar-refractivity contribution is 0.603. The Morgan fingerprint density at radius 1 is 1.20 bits per heavy atom. The number of benzene rings is 1. The van der Waals surface area contributed by atoms with E-state index in [9.17, 15) is 0 Å². The van der Waals surface area contributed by atoms with Crippen LogP contribution in [0, 0.1) is 13.8 Å². The molecule has 1 atom stereocenters. The quantitative estimate of drug-likeness (QED) is 0.808. The molecule has 0 radical (unpaired) electrons. The van der Waals surface area contributed by atoms with Crippen molar-refractivity contribution in [3.63, 3.8) is 0 Å². The molecule has 0 saturated heterocycles. The van der Waals surface area contributed by atoms with Crippen molar-refractivity contribution in [1.82, 2.24) is 10.3 Å². The monoisotopic (exact) mass is 286 g/mol. The van der Waals surface area contributed by atoms with E-state index in [1.807, 2.05) is 24.9 Å². The predicted molar refractivity (Wildman–Crippen MR) is 87.3 cm³/mol. The molecule has 0 aliphatic heterocycles. The van der Waals surface area contributed by atoms with Gasteiger partial charge in [0.2, 0.25) is 0 Å². The molecule has 3 heteroatoms. The molecule has 0 bridgehead atoms. The smallest absolute Gasteiger partial charge is 0.0430 e. The SMILES string of the molecule is CCNC(CSc1cccc(C)c1)c1ccc(C)nc1. The fraction of sp³-hybridized carbons (Fsp3) is 0.353. The number of hydrogen-bond donors (Lipinski definition) is 1. The number of pyridine rings is 1. The maximum absolute atomic E-state index is 4.40. The summed E-state index contributed by atoms with van der Waals surface area (Å²) >= 11 is 1.89. The highest BCUT2D eigenvalue weighted by Crippen LogP contribution is 2.25. The Labute approximate surface area is 126 Å². The second kappa shape index (κ2) is 7.46. The van der Waals surface area contributed by atoms with Crippen LogP contribution in [0.15, 0.2) is 47.5 Å². The van der Waals surface area contributed by atoms with Crippen LogP contribution in [0.4, 0.5) is 0 Å². The molecular weight excluding hydrogens is 264 g/mol. The summed E-state index contributed by atoms with van der Waals surface area (Å²) in [6, 6.07) is 13.3.